The number of halogens is 4. The van der Waals surface area contributed by atoms with Crippen molar-refractivity contribution in [2.24, 2.45) is 7.05 Å². The molecule has 0 saturated heterocycles. The first kappa shape index (κ1) is 16.3. The van der Waals surface area contributed by atoms with Crippen molar-refractivity contribution in [3.8, 4) is 5.69 Å². The predicted molar refractivity (Wildman–Crippen MR) is 88.8 cm³/mol. The maximum atomic E-state index is 13.6. The molecule has 0 atom stereocenters. The Morgan fingerprint density at radius 3 is 2.54 bits per heavy atom. The Hall–Kier alpha value is -3.16. The fourth-order valence-corrected chi connectivity index (χ4v) is 3.05. The topological polar surface area (TPSA) is 39.8 Å². The molecule has 4 rings (SSSR count). The minimum absolute atomic E-state index is 0.0642. The second kappa shape index (κ2) is 5.42. The van der Waals surface area contributed by atoms with E-state index in [0.29, 0.717) is 34.1 Å². The fourth-order valence-electron chi connectivity index (χ4n) is 3.05. The van der Waals surface area contributed by atoms with Gasteiger partial charge >= 0.3 is 11.9 Å². The number of alkyl halides is 3. The van der Waals surface area contributed by atoms with Crippen LogP contribution in [0.3, 0.4) is 0 Å². The van der Waals surface area contributed by atoms with E-state index in [9.17, 15) is 22.4 Å². The summed E-state index contributed by atoms with van der Waals surface area (Å²) < 4.78 is 55.3. The standard InChI is InChI=1S/C18H11F4N3O/c1-24-15-9-23-14-5-3-2-4-11(14)16(15)25(17(24)26)10-6-7-13(19)12(8-10)18(20,21)22/h2-9H,1H3. The minimum Gasteiger partial charge on any atom is -0.293 e. The summed E-state index contributed by atoms with van der Waals surface area (Å²) in [6.45, 7) is 0. The van der Waals surface area contributed by atoms with Gasteiger partial charge in [-0.15, -0.1) is 0 Å². The van der Waals surface area contributed by atoms with Crippen LogP contribution in [0.5, 0.6) is 0 Å². The van der Waals surface area contributed by atoms with E-state index in [1.807, 2.05) is 0 Å². The van der Waals surface area contributed by atoms with E-state index in [1.54, 1.807) is 24.3 Å². The summed E-state index contributed by atoms with van der Waals surface area (Å²) in [6.07, 6.45) is -3.37. The Balaban J connectivity index is 2.15. The number of aromatic nitrogens is 3. The molecule has 0 radical (unpaired) electrons. The van der Waals surface area contributed by atoms with Crippen LogP contribution in [0.15, 0.2) is 53.5 Å². The summed E-state index contributed by atoms with van der Waals surface area (Å²) in [5.41, 5.74) is -0.548. The molecule has 26 heavy (non-hydrogen) atoms. The molecule has 2 aromatic carbocycles. The summed E-state index contributed by atoms with van der Waals surface area (Å²) in [7, 11) is 1.51. The van der Waals surface area contributed by atoms with Gasteiger partial charge in [0.25, 0.3) is 0 Å². The smallest absolute Gasteiger partial charge is 0.293 e. The van der Waals surface area contributed by atoms with Crippen LogP contribution in [0.25, 0.3) is 27.6 Å². The Morgan fingerprint density at radius 2 is 1.81 bits per heavy atom. The number of aryl methyl sites for hydroxylation is 1. The summed E-state index contributed by atoms with van der Waals surface area (Å²) in [6, 6.07) is 9.50. The predicted octanol–water partition coefficient (Wildman–Crippen LogP) is 4.04. The SMILES string of the molecule is Cn1c(=O)n(-c2ccc(F)c(C(F)(F)F)c2)c2c3ccccc3ncc21. The van der Waals surface area contributed by atoms with Crippen LogP contribution < -0.4 is 5.69 Å². The van der Waals surface area contributed by atoms with E-state index in [0.717, 1.165) is 10.6 Å². The molecular formula is C18H11F4N3O. The molecule has 2 heterocycles. The van der Waals surface area contributed by atoms with E-state index in [4.69, 9.17) is 0 Å². The summed E-state index contributed by atoms with van der Waals surface area (Å²) >= 11 is 0. The van der Waals surface area contributed by atoms with Crippen molar-refractivity contribution in [3.63, 3.8) is 0 Å². The van der Waals surface area contributed by atoms with Gasteiger partial charge in [0.2, 0.25) is 0 Å². The van der Waals surface area contributed by atoms with Crippen LogP contribution in [-0.4, -0.2) is 14.1 Å². The van der Waals surface area contributed by atoms with E-state index < -0.39 is 23.2 Å². The molecule has 0 fully saturated rings. The van der Waals surface area contributed by atoms with Gasteiger partial charge in [-0.2, -0.15) is 13.2 Å². The van der Waals surface area contributed by atoms with Crippen LogP contribution in [0.2, 0.25) is 0 Å². The van der Waals surface area contributed by atoms with Gasteiger partial charge in [0.1, 0.15) is 5.82 Å². The van der Waals surface area contributed by atoms with Gasteiger partial charge < -0.3 is 0 Å². The minimum atomic E-state index is -4.86. The normalized spacial score (nSPS) is 12.2. The van der Waals surface area contributed by atoms with E-state index in [-0.39, 0.29) is 5.69 Å². The Kier molecular flexibility index (Phi) is 3.40. The number of para-hydroxylation sites is 1. The molecule has 0 aliphatic rings. The van der Waals surface area contributed by atoms with E-state index in [2.05, 4.69) is 4.98 Å². The number of hydrogen-bond acceptors (Lipinski definition) is 2. The van der Waals surface area contributed by atoms with Gasteiger partial charge in [-0.25, -0.2) is 9.18 Å². The second-order valence-electron chi connectivity index (χ2n) is 5.85. The zero-order valence-corrected chi connectivity index (χ0v) is 13.4. The summed E-state index contributed by atoms with van der Waals surface area (Å²) in [5.74, 6) is -1.39. The highest BCUT2D eigenvalue weighted by Gasteiger charge is 2.34. The van der Waals surface area contributed by atoms with Gasteiger partial charge in [0.15, 0.2) is 0 Å². The van der Waals surface area contributed by atoms with Crippen LogP contribution in [0.4, 0.5) is 17.6 Å². The van der Waals surface area contributed by atoms with Crippen molar-refractivity contribution >= 4 is 21.9 Å². The average molecular weight is 361 g/mol. The first-order valence-corrected chi connectivity index (χ1v) is 7.61. The highest BCUT2D eigenvalue weighted by Crippen LogP contribution is 2.33. The number of pyridine rings is 1. The molecule has 0 aliphatic carbocycles. The van der Waals surface area contributed by atoms with Crippen molar-refractivity contribution in [1.29, 1.82) is 0 Å². The molecule has 4 aromatic rings. The summed E-state index contributed by atoms with van der Waals surface area (Å²) in [5, 5.41) is 0.612. The summed E-state index contributed by atoms with van der Waals surface area (Å²) in [4.78, 5) is 17.0. The van der Waals surface area contributed by atoms with Gasteiger partial charge in [-0.05, 0) is 24.3 Å². The molecule has 0 saturated carbocycles. The van der Waals surface area contributed by atoms with Crippen LogP contribution in [0.1, 0.15) is 5.56 Å². The third kappa shape index (κ3) is 2.29. The van der Waals surface area contributed by atoms with Crippen molar-refractivity contribution in [3.05, 3.63) is 70.5 Å². The second-order valence-corrected chi connectivity index (χ2v) is 5.85. The molecule has 0 bridgehead atoms. The molecule has 0 unspecified atom stereocenters. The van der Waals surface area contributed by atoms with Crippen molar-refractivity contribution in [2.75, 3.05) is 0 Å². The molecule has 0 spiro atoms. The van der Waals surface area contributed by atoms with Gasteiger partial charge in [-0.1, -0.05) is 18.2 Å². The largest absolute Gasteiger partial charge is 0.419 e. The lowest BCUT2D eigenvalue weighted by molar-refractivity contribution is -0.140. The van der Waals surface area contributed by atoms with Crippen molar-refractivity contribution < 1.29 is 17.6 Å². The fraction of sp³-hybridized carbons (Fsp3) is 0.111. The van der Waals surface area contributed by atoms with Gasteiger partial charge in [0.05, 0.1) is 34.0 Å². The van der Waals surface area contributed by atoms with Gasteiger partial charge in [-0.3, -0.25) is 14.1 Å². The maximum Gasteiger partial charge on any atom is 0.419 e. The lowest BCUT2D eigenvalue weighted by Crippen LogP contribution is -2.21. The third-order valence-corrected chi connectivity index (χ3v) is 4.30. The first-order valence-electron chi connectivity index (χ1n) is 7.61. The number of fused-ring (bicyclic) bond motifs is 3. The number of rotatable bonds is 1. The molecule has 8 heteroatoms. The highest BCUT2D eigenvalue weighted by molar-refractivity contribution is 6.02. The molecule has 0 aliphatic heterocycles. The lowest BCUT2D eigenvalue weighted by atomic mass is 10.1. The first-order chi connectivity index (χ1) is 12.3. The van der Waals surface area contributed by atoms with Crippen LogP contribution >= 0.6 is 0 Å². The maximum absolute atomic E-state index is 13.6. The Labute approximate surface area is 143 Å². The Morgan fingerprint density at radius 1 is 1.08 bits per heavy atom. The zero-order valence-electron chi connectivity index (χ0n) is 13.4. The molecule has 0 N–H and O–H groups in total. The number of nitrogens with zero attached hydrogens (tertiary/aromatic N) is 3. The quantitative estimate of drug-likeness (QED) is 0.480. The molecule has 2 aromatic heterocycles. The number of benzene rings is 2. The zero-order chi connectivity index (χ0) is 18.6. The molecule has 4 nitrogen and oxygen atoms in total. The third-order valence-electron chi connectivity index (χ3n) is 4.30. The van der Waals surface area contributed by atoms with E-state index in [1.165, 1.54) is 17.8 Å². The van der Waals surface area contributed by atoms with Crippen molar-refractivity contribution in [1.82, 2.24) is 14.1 Å². The number of imidazole rings is 1. The molecular weight excluding hydrogens is 350 g/mol. The lowest BCUT2D eigenvalue weighted by Gasteiger charge is -2.11. The number of hydrogen-bond donors (Lipinski definition) is 0. The van der Waals surface area contributed by atoms with Crippen molar-refractivity contribution in [2.45, 2.75) is 6.18 Å². The molecule has 0 amide bonds. The molecule has 132 valence electrons. The average Bonchev–Trinajstić information content (AvgIpc) is 2.86. The monoisotopic (exact) mass is 361 g/mol. The highest BCUT2D eigenvalue weighted by atomic mass is 19.4. The van der Waals surface area contributed by atoms with Crippen LogP contribution in [-0.2, 0) is 13.2 Å². The van der Waals surface area contributed by atoms with Crippen LogP contribution in [0, 0.1) is 5.82 Å². The van der Waals surface area contributed by atoms with Gasteiger partial charge in [0, 0.05) is 12.4 Å². The Bertz CT molecular complexity index is 1220. The van der Waals surface area contributed by atoms with E-state index >= 15 is 0 Å².